The molecule has 100 valence electrons. The molecular weight excluding hydrogens is 222 g/mol. The van der Waals surface area contributed by atoms with E-state index in [-0.39, 0.29) is 0 Å². The maximum atomic E-state index is 4.62. The lowest BCUT2D eigenvalue weighted by Gasteiger charge is -2.28. The Kier molecular flexibility index (Phi) is 4.10. The van der Waals surface area contributed by atoms with E-state index in [9.17, 15) is 0 Å². The zero-order valence-corrected chi connectivity index (χ0v) is 11.8. The Bertz CT molecular complexity index is 387. The smallest absolute Gasteiger partial charge is 0.128 e. The molecule has 2 N–H and O–H groups in total. The minimum atomic E-state index is 0.383. The van der Waals surface area contributed by atoms with Gasteiger partial charge in [-0.25, -0.2) is 4.98 Å². The number of hydrogen-bond acceptors (Lipinski definition) is 3. The van der Waals surface area contributed by atoms with Crippen molar-refractivity contribution in [1.29, 1.82) is 0 Å². The van der Waals surface area contributed by atoms with Crippen molar-refractivity contribution in [2.45, 2.75) is 52.5 Å². The molecule has 1 aliphatic carbocycles. The third kappa shape index (κ3) is 3.15. The molecule has 3 heteroatoms. The minimum Gasteiger partial charge on any atom is -0.370 e. The van der Waals surface area contributed by atoms with Crippen LogP contribution in [0.2, 0.25) is 0 Å². The summed E-state index contributed by atoms with van der Waals surface area (Å²) in [4.78, 5) is 4.62. The molecule has 0 spiro atoms. The summed E-state index contributed by atoms with van der Waals surface area (Å²) < 4.78 is 0. The van der Waals surface area contributed by atoms with Gasteiger partial charge in [0.05, 0.1) is 0 Å². The lowest BCUT2D eigenvalue weighted by Crippen LogP contribution is -2.31. The molecule has 0 bridgehead atoms. The highest BCUT2D eigenvalue weighted by Gasteiger charge is 2.34. The van der Waals surface area contributed by atoms with Gasteiger partial charge in [-0.3, -0.25) is 0 Å². The molecule has 1 unspecified atom stereocenters. The van der Waals surface area contributed by atoms with Crippen LogP contribution in [0, 0.1) is 5.41 Å². The fraction of sp³-hybridized carbons (Fsp3) is 0.667. The standard InChI is InChI=1S/C15H25N3/c1-4-11-16-13-8-5-9-14(18-13)17-12-7-6-10-15(12,2)3/h5,8-9,12H,4,6-7,10-11H2,1-3H3,(H2,16,17,18). The number of pyridine rings is 1. The van der Waals surface area contributed by atoms with E-state index in [2.05, 4.69) is 48.5 Å². The Morgan fingerprint density at radius 2 is 2.11 bits per heavy atom. The molecule has 0 radical (unpaired) electrons. The van der Waals surface area contributed by atoms with Gasteiger partial charge in [0.15, 0.2) is 0 Å². The van der Waals surface area contributed by atoms with Gasteiger partial charge < -0.3 is 10.6 Å². The van der Waals surface area contributed by atoms with E-state index in [1.54, 1.807) is 0 Å². The lowest BCUT2D eigenvalue weighted by molar-refractivity contribution is 0.349. The third-order valence-corrected chi connectivity index (χ3v) is 3.88. The van der Waals surface area contributed by atoms with Crippen LogP contribution >= 0.6 is 0 Å². The summed E-state index contributed by atoms with van der Waals surface area (Å²) in [6.45, 7) is 7.83. The van der Waals surface area contributed by atoms with Crippen LogP contribution in [0.3, 0.4) is 0 Å². The zero-order chi connectivity index (χ0) is 13.0. The Labute approximate surface area is 110 Å². The predicted molar refractivity (Wildman–Crippen MR) is 78.1 cm³/mol. The van der Waals surface area contributed by atoms with Crippen molar-refractivity contribution in [3.8, 4) is 0 Å². The van der Waals surface area contributed by atoms with Gasteiger partial charge in [0.25, 0.3) is 0 Å². The fourth-order valence-corrected chi connectivity index (χ4v) is 2.64. The highest BCUT2D eigenvalue weighted by atomic mass is 15.1. The van der Waals surface area contributed by atoms with Gasteiger partial charge >= 0.3 is 0 Å². The van der Waals surface area contributed by atoms with Gasteiger partial charge in [-0.2, -0.15) is 0 Å². The molecule has 1 atom stereocenters. The summed E-state index contributed by atoms with van der Waals surface area (Å²) in [5.74, 6) is 1.97. The number of nitrogens with one attached hydrogen (secondary N) is 2. The zero-order valence-electron chi connectivity index (χ0n) is 11.8. The summed E-state index contributed by atoms with van der Waals surface area (Å²) in [6, 6.07) is 6.70. The van der Waals surface area contributed by atoms with E-state index >= 15 is 0 Å². The van der Waals surface area contributed by atoms with Gasteiger partial charge in [-0.05, 0) is 36.8 Å². The van der Waals surface area contributed by atoms with Crippen LogP contribution in [0.15, 0.2) is 18.2 Å². The average Bonchev–Trinajstić information content (AvgIpc) is 2.67. The first-order chi connectivity index (χ1) is 8.62. The van der Waals surface area contributed by atoms with E-state index in [1.165, 1.54) is 19.3 Å². The summed E-state index contributed by atoms with van der Waals surface area (Å²) in [7, 11) is 0. The highest BCUT2D eigenvalue weighted by Crippen LogP contribution is 2.38. The van der Waals surface area contributed by atoms with Crippen LogP contribution in [-0.4, -0.2) is 17.6 Å². The molecule has 1 aliphatic rings. The number of hydrogen-bond donors (Lipinski definition) is 2. The van der Waals surface area contributed by atoms with Crippen molar-refractivity contribution < 1.29 is 0 Å². The molecule has 1 saturated carbocycles. The van der Waals surface area contributed by atoms with Crippen LogP contribution in [0.1, 0.15) is 46.5 Å². The normalized spacial score (nSPS) is 21.8. The van der Waals surface area contributed by atoms with Crippen LogP contribution in [0.25, 0.3) is 0 Å². The third-order valence-electron chi connectivity index (χ3n) is 3.88. The minimum absolute atomic E-state index is 0.383. The van der Waals surface area contributed by atoms with Crippen molar-refractivity contribution >= 4 is 11.6 Å². The van der Waals surface area contributed by atoms with Crippen molar-refractivity contribution in [2.24, 2.45) is 5.41 Å². The molecule has 2 rings (SSSR count). The summed E-state index contributed by atoms with van der Waals surface area (Å²) >= 11 is 0. The predicted octanol–water partition coefficient (Wildman–Crippen LogP) is 3.89. The second-order valence-electron chi connectivity index (χ2n) is 5.91. The number of aromatic nitrogens is 1. The fourth-order valence-electron chi connectivity index (χ4n) is 2.64. The summed E-state index contributed by atoms with van der Waals surface area (Å²) in [6.07, 6.45) is 4.99. The van der Waals surface area contributed by atoms with Crippen molar-refractivity contribution in [1.82, 2.24) is 4.98 Å². The largest absolute Gasteiger partial charge is 0.370 e. The molecule has 0 aliphatic heterocycles. The Hall–Kier alpha value is -1.25. The molecule has 1 fully saturated rings. The lowest BCUT2D eigenvalue weighted by atomic mass is 9.87. The second kappa shape index (κ2) is 5.59. The van der Waals surface area contributed by atoms with E-state index < -0.39 is 0 Å². The quantitative estimate of drug-likeness (QED) is 0.828. The molecular formula is C15H25N3. The van der Waals surface area contributed by atoms with Gasteiger partial charge in [0.1, 0.15) is 11.6 Å². The first kappa shape index (κ1) is 13.2. The Morgan fingerprint density at radius 3 is 2.78 bits per heavy atom. The molecule has 3 nitrogen and oxygen atoms in total. The van der Waals surface area contributed by atoms with Crippen LogP contribution in [-0.2, 0) is 0 Å². The maximum Gasteiger partial charge on any atom is 0.128 e. The van der Waals surface area contributed by atoms with Crippen LogP contribution in [0.4, 0.5) is 11.6 Å². The van der Waals surface area contributed by atoms with E-state index in [0.29, 0.717) is 11.5 Å². The Balaban J connectivity index is 2.00. The van der Waals surface area contributed by atoms with Gasteiger partial charge in [-0.1, -0.05) is 33.3 Å². The second-order valence-corrected chi connectivity index (χ2v) is 5.91. The van der Waals surface area contributed by atoms with Crippen LogP contribution < -0.4 is 10.6 Å². The SMILES string of the molecule is CCCNc1cccc(NC2CCCC2(C)C)n1. The van der Waals surface area contributed by atoms with Crippen molar-refractivity contribution in [3.05, 3.63) is 18.2 Å². The monoisotopic (exact) mass is 247 g/mol. The van der Waals surface area contributed by atoms with Gasteiger partial charge in [-0.15, -0.1) is 0 Å². The number of anilines is 2. The summed E-state index contributed by atoms with van der Waals surface area (Å²) in [5, 5.41) is 6.93. The van der Waals surface area contributed by atoms with Gasteiger partial charge in [0, 0.05) is 12.6 Å². The van der Waals surface area contributed by atoms with Crippen LogP contribution in [0.5, 0.6) is 0 Å². The molecule has 1 heterocycles. The molecule has 0 saturated heterocycles. The number of rotatable bonds is 5. The highest BCUT2D eigenvalue weighted by molar-refractivity contribution is 5.46. The number of nitrogens with zero attached hydrogens (tertiary/aromatic N) is 1. The first-order valence-corrected chi connectivity index (χ1v) is 7.09. The average molecular weight is 247 g/mol. The molecule has 1 aromatic rings. The topological polar surface area (TPSA) is 37.0 Å². The molecule has 0 aromatic carbocycles. The van der Waals surface area contributed by atoms with E-state index in [1.807, 2.05) is 6.07 Å². The van der Waals surface area contributed by atoms with Gasteiger partial charge in [0.2, 0.25) is 0 Å². The van der Waals surface area contributed by atoms with Crippen molar-refractivity contribution in [3.63, 3.8) is 0 Å². The molecule has 1 aromatic heterocycles. The van der Waals surface area contributed by atoms with E-state index in [0.717, 1.165) is 24.6 Å². The maximum absolute atomic E-state index is 4.62. The van der Waals surface area contributed by atoms with E-state index in [4.69, 9.17) is 0 Å². The molecule has 18 heavy (non-hydrogen) atoms. The molecule has 0 amide bonds. The first-order valence-electron chi connectivity index (χ1n) is 7.09. The summed E-state index contributed by atoms with van der Waals surface area (Å²) in [5.41, 5.74) is 0.383. The van der Waals surface area contributed by atoms with Crippen molar-refractivity contribution in [2.75, 3.05) is 17.2 Å². The Morgan fingerprint density at radius 1 is 1.33 bits per heavy atom.